The van der Waals surface area contributed by atoms with Gasteiger partial charge in [0, 0.05) is 16.1 Å². The van der Waals surface area contributed by atoms with Gasteiger partial charge in [-0.1, -0.05) is 39.3 Å². The molecule has 0 aromatic heterocycles. The van der Waals surface area contributed by atoms with Crippen molar-refractivity contribution < 1.29 is 23.1 Å². The molecule has 0 aliphatic carbocycles. The number of sulfone groups is 1. The number of anilines is 1. The van der Waals surface area contributed by atoms with Gasteiger partial charge in [0.05, 0.1) is 34.7 Å². The Morgan fingerprint density at radius 1 is 1.35 bits per heavy atom. The largest absolute Gasteiger partial charge is 0.481 e. The highest BCUT2D eigenvalue weighted by Gasteiger charge is 2.49. The molecule has 0 saturated carbocycles. The van der Waals surface area contributed by atoms with E-state index in [-0.39, 0.29) is 35.6 Å². The van der Waals surface area contributed by atoms with Gasteiger partial charge in [-0.05, 0) is 18.2 Å². The highest BCUT2D eigenvalue weighted by Crippen LogP contribution is 2.43. The van der Waals surface area contributed by atoms with Gasteiger partial charge in [0.25, 0.3) is 0 Å². The maximum atomic E-state index is 12.0. The number of fused-ring (bicyclic) bond motifs is 1. The van der Waals surface area contributed by atoms with Crippen molar-refractivity contribution >= 4 is 71.9 Å². The van der Waals surface area contributed by atoms with Gasteiger partial charge in [0.15, 0.2) is 15.0 Å². The lowest BCUT2D eigenvalue weighted by molar-refractivity contribution is -0.138. The summed E-state index contributed by atoms with van der Waals surface area (Å²) in [6, 6.07) is 4.82. The van der Waals surface area contributed by atoms with Gasteiger partial charge in [-0.25, -0.2) is 8.42 Å². The SMILES string of the molecule is O=C(O)CCC(=O)N=C1SC2CS(=O)(=O)CC2N1c1ccc(Br)cc1Cl. The molecule has 0 radical (unpaired) electrons. The van der Waals surface area contributed by atoms with E-state index in [9.17, 15) is 18.0 Å². The van der Waals surface area contributed by atoms with Gasteiger partial charge in [-0.3, -0.25) is 9.59 Å². The molecule has 2 fully saturated rings. The minimum atomic E-state index is -3.17. The molecular weight excluding hydrogens is 468 g/mol. The predicted molar refractivity (Wildman–Crippen MR) is 105 cm³/mol. The average Bonchev–Trinajstić information content (AvgIpc) is 2.97. The molecule has 3 rings (SSSR count). The normalized spacial score (nSPS) is 25.5. The number of benzene rings is 1. The summed E-state index contributed by atoms with van der Waals surface area (Å²) < 4.78 is 24.8. The van der Waals surface area contributed by atoms with Crippen molar-refractivity contribution in [2.45, 2.75) is 24.1 Å². The summed E-state index contributed by atoms with van der Waals surface area (Å²) in [4.78, 5) is 28.4. The molecule has 0 bridgehead atoms. The second kappa shape index (κ2) is 7.49. The van der Waals surface area contributed by atoms with Crippen molar-refractivity contribution in [3.05, 3.63) is 27.7 Å². The van der Waals surface area contributed by atoms with Crippen LogP contribution in [0.15, 0.2) is 27.7 Å². The topological polar surface area (TPSA) is 104 Å². The first-order valence-electron chi connectivity index (χ1n) is 7.61. The second-order valence-corrected chi connectivity index (χ2v) is 10.6. The minimum absolute atomic E-state index is 0.00924. The summed E-state index contributed by atoms with van der Waals surface area (Å²) in [6.07, 6.45) is -0.518. The van der Waals surface area contributed by atoms with Crippen LogP contribution in [0.5, 0.6) is 0 Å². The molecule has 26 heavy (non-hydrogen) atoms. The van der Waals surface area contributed by atoms with Gasteiger partial charge < -0.3 is 10.0 Å². The van der Waals surface area contributed by atoms with Gasteiger partial charge in [0.1, 0.15) is 0 Å². The zero-order valence-electron chi connectivity index (χ0n) is 13.3. The highest BCUT2D eigenvalue weighted by atomic mass is 79.9. The van der Waals surface area contributed by atoms with Crippen molar-refractivity contribution in [2.24, 2.45) is 4.99 Å². The Kier molecular flexibility index (Phi) is 5.66. The summed E-state index contributed by atoms with van der Waals surface area (Å²) in [6.45, 7) is 0. The van der Waals surface area contributed by atoms with Crippen LogP contribution in [0.1, 0.15) is 12.8 Å². The average molecular weight is 482 g/mol. The molecule has 2 aliphatic rings. The van der Waals surface area contributed by atoms with E-state index in [2.05, 4.69) is 20.9 Å². The van der Waals surface area contributed by atoms with Crippen molar-refractivity contribution in [3.8, 4) is 0 Å². The number of aliphatic imine (C=N–C) groups is 1. The van der Waals surface area contributed by atoms with Crippen LogP contribution in [0.25, 0.3) is 0 Å². The van der Waals surface area contributed by atoms with Crippen molar-refractivity contribution in [3.63, 3.8) is 0 Å². The Morgan fingerprint density at radius 3 is 2.73 bits per heavy atom. The molecule has 2 heterocycles. The fourth-order valence-electron chi connectivity index (χ4n) is 2.90. The molecular formula is C15H14BrClN2O5S2. The van der Waals surface area contributed by atoms with Crippen molar-refractivity contribution in [2.75, 3.05) is 16.4 Å². The van der Waals surface area contributed by atoms with Crippen LogP contribution in [-0.4, -0.2) is 53.4 Å². The van der Waals surface area contributed by atoms with E-state index in [0.29, 0.717) is 15.9 Å². The predicted octanol–water partition coefficient (Wildman–Crippen LogP) is 2.57. The Hall–Kier alpha value is -1.10. The van der Waals surface area contributed by atoms with E-state index in [0.717, 1.165) is 4.47 Å². The molecule has 1 amide bonds. The highest BCUT2D eigenvalue weighted by molar-refractivity contribution is 9.10. The first-order valence-corrected chi connectivity index (χ1v) is 11.5. The summed E-state index contributed by atoms with van der Waals surface area (Å²) in [5.74, 6) is -1.67. The zero-order valence-corrected chi connectivity index (χ0v) is 17.2. The van der Waals surface area contributed by atoms with E-state index in [1.807, 2.05) is 0 Å². The number of carbonyl (C=O) groups is 2. The lowest BCUT2D eigenvalue weighted by Gasteiger charge is -2.25. The second-order valence-electron chi connectivity index (χ2n) is 5.95. The van der Waals surface area contributed by atoms with Crippen molar-refractivity contribution in [1.29, 1.82) is 0 Å². The van der Waals surface area contributed by atoms with Crippen LogP contribution >= 0.6 is 39.3 Å². The number of rotatable bonds is 4. The number of carboxylic acid groups (broad SMARTS) is 1. The van der Waals surface area contributed by atoms with Crippen molar-refractivity contribution in [1.82, 2.24) is 0 Å². The maximum Gasteiger partial charge on any atom is 0.303 e. The molecule has 7 nitrogen and oxygen atoms in total. The smallest absolute Gasteiger partial charge is 0.303 e. The third kappa shape index (κ3) is 4.24. The number of thioether (sulfide) groups is 1. The van der Waals surface area contributed by atoms with Gasteiger partial charge in [-0.15, -0.1) is 0 Å². The number of carbonyl (C=O) groups excluding carboxylic acids is 1. The van der Waals surface area contributed by atoms with E-state index >= 15 is 0 Å². The maximum absolute atomic E-state index is 12.0. The number of amides is 1. The number of halogens is 2. The quantitative estimate of drug-likeness (QED) is 0.705. The molecule has 1 aromatic rings. The lowest BCUT2D eigenvalue weighted by atomic mass is 10.2. The number of hydrogen-bond donors (Lipinski definition) is 1. The fraction of sp³-hybridized carbons (Fsp3) is 0.400. The molecule has 2 unspecified atom stereocenters. The Balaban J connectivity index is 1.96. The number of carboxylic acids is 1. The van der Waals surface area contributed by atoms with E-state index in [1.54, 1.807) is 23.1 Å². The number of amidine groups is 1. The molecule has 0 spiro atoms. The standard InChI is InChI=1S/C15H14BrClN2O5S2/c16-8-1-2-10(9(17)5-8)19-11-6-26(23,24)7-12(11)25-15(19)18-13(20)3-4-14(21)22/h1-2,5,11-12H,3-4,6-7H2,(H,21,22). The monoisotopic (exact) mass is 480 g/mol. The van der Waals surface area contributed by atoms with E-state index in [4.69, 9.17) is 16.7 Å². The zero-order chi connectivity index (χ0) is 19.1. The molecule has 2 aliphatic heterocycles. The van der Waals surface area contributed by atoms with Crippen LogP contribution in [0.2, 0.25) is 5.02 Å². The minimum Gasteiger partial charge on any atom is -0.481 e. The summed E-state index contributed by atoms with van der Waals surface area (Å²) in [5, 5.41) is 9.21. The van der Waals surface area contributed by atoms with E-state index in [1.165, 1.54) is 11.8 Å². The Labute approximate surface area is 167 Å². The first-order chi connectivity index (χ1) is 12.2. The van der Waals surface area contributed by atoms with Crippen LogP contribution in [0.4, 0.5) is 5.69 Å². The summed E-state index contributed by atoms with van der Waals surface area (Å²) in [5.41, 5.74) is 0.566. The lowest BCUT2D eigenvalue weighted by Crippen LogP contribution is -2.38. The Morgan fingerprint density at radius 2 is 2.08 bits per heavy atom. The summed E-state index contributed by atoms with van der Waals surface area (Å²) >= 11 is 10.9. The first kappa shape index (κ1) is 19.7. The number of hydrogen-bond acceptors (Lipinski definition) is 5. The number of aliphatic carboxylic acids is 1. The summed E-state index contributed by atoms with van der Waals surface area (Å²) in [7, 11) is -3.17. The molecule has 140 valence electrons. The van der Waals surface area contributed by atoms with Crippen LogP contribution in [-0.2, 0) is 19.4 Å². The molecule has 2 saturated heterocycles. The third-order valence-corrected chi connectivity index (χ3v) is 8.01. The van der Waals surface area contributed by atoms with Crippen LogP contribution < -0.4 is 4.90 Å². The molecule has 1 N–H and O–H groups in total. The molecule has 11 heteroatoms. The number of nitrogens with zero attached hydrogens (tertiary/aromatic N) is 2. The van der Waals surface area contributed by atoms with Crippen LogP contribution in [0, 0.1) is 0 Å². The molecule has 2 atom stereocenters. The van der Waals surface area contributed by atoms with E-state index < -0.39 is 21.7 Å². The fourth-order valence-corrected chi connectivity index (χ4v) is 7.59. The van der Waals surface area contributed by atoms with Crippen LogP contribution in [0.3, 0.4) is 0 Å². The van der Waals surface area contributed by atoms with Gasteiger partial charge in [0.2, 0.25) is 5.91 Å². The molecule has 1 aromatic carbocycles. The Bertz CT molecular complexity index is 905. The third-order valence-electron chi connectivity index (χ3n) is 4.01. The van der Waals surface area contributed by atoms with Gasteiger partial charge in [-0.2, -0.15) is 4.99 Å². The van der Waals surface area contributed by atoms with Gasteiger partial charge >= 0.3 is 5.97 Å².